The molecule has 0 aliphatic heterocycles. The second kappa shape index (κ2) is 6.01. The third-order valence-electron chi connectivity index (χ3n) is 1.89. The summed E-state index contributed by atoms with van der Waals surface area (Å²) in [6, 6.07) is 10.4. The van der Waals surface area contributed by atoms with Crippen molar-refractivity contribution >= 4 is 11.6 Å². The molecule has 0 radical (unpaired) electrons. The number of nitrogens with one attached hydrogen (secondary N) is 1. The lowest BCUT2D eigenvalue weighted by atomic mass is 10.2. The molecule has 1 aromatic carbocycles. The van der Waals surface area contributed by atoms with Gasteiger partial charge in [0.25, 0.3) is 0 Å². The molecular weight excluding hydrogens is 182 g/mol. The van der Waals surface area contributed by atoms with Crippen molar-refractivity contribution in [2.24, 2.45) is 0 Å². The lowest BCUT2D eigenvalue weighted by molar-refractivity contribution is 0.645. The smallest absolute Gasteiger partial charge is 0.0319 e. The summed E-state index contributed by atoms with van der Waals surface area (Å²) in [6.45, 7) is 3.94. The maximum absolute atomic E-state index is 5.82. The molecule has 0 bridgehead atoms. The van der Waals surface area contributed by atoms with E-state index in [1.165, 1.54) is 5.56 Å². The maximum atomic E-state index is 5.82. The van der Waals surface area contributed by atoms with Gasteiger partial charge in [-0.05, 0) is 25.5 Å². The van der Waals surface area contributed by atoms with Crippen LogP contribution >= 0.6 is 11.6 Å². The molecule has 0 spiro atoms. The van der Waals surface area contributed by atoms with Gasteiger partial charge in [0.05, 0.1) is 0 Å². The van der Waals surface area contributed by atoms with Crippen molar-refractivity contribution in [2.75, 3.05) is 6.54 Å². The minimum absolute atomic E-state index is 0.267. The molecule has 1 aromatic rings. The van der Waals surface area contributed by atoms with Gasteiger partial charge >= 0.3 is 0 Å². The number of hydrogen-bond acceptors (Lipinski definition) is 1. The molecule has 0 saturated heterocycles. The van der Waals surface area contributed by atoms with E-state index in [1.54, 1.807) is 0 Å². The predicted molar refractivity (Wildman–Crippen MR) is 58.1 cm³/mol. The molecule has 1 rings (SSSR count). The maximum Gasteiger partial charge on any atom is 0.0319 e. The zero-order valence-electron chi connectivity index (χ0n) is 7.96. The van der Waals surface area contributed by atoms with Crippen LogP contribution in [0.2, 0.25) is 0 Å². The average Bonchev–Trinajstić information content (AvgIpc) is 2.14. The molecule has 1 atom stereocenters. The number of hydrogen-bond donors (Lipinski definition) is 1. The molecule has 0 amide bonds. The Labute approximate surface area is 85.1 Å². The van der Waals surface area contributed by atoms with Gasteiger partial charge in [-0.1, -0.05) is 30.3 Å². The van der Waals surface area contributed by atoms with Gasteiger partial charge in [0.15, 0.2) is 0 Å². The van der Waals surface area contributed by atoms with Crippen LogP contribution < -0.4 is 5.32 Å². The van der Waals surface area contributed by atoms with E-state index in [2.05, 4.69) is 29.6 Å². The highest BCUT2D eigenvalue weighted by atomic mass is 35.5. The summed E-state index contributed by atoms with van der Waals surface area (Å²) in [5.41, 5.74) is 1.32. The Kier molecular flexibility index (Phi) is 4.87. The third-order valence-corrected chi connectivity index (χ3v) is 2.11. The van der Waals surface area contributed by atoms with Gasteiger partial charge < -0.3 is 5.32 Å². The van der Waals surface area contributed by atoms with Gasteiger partial charge in [0.2, 0.25) is 0 Å². The van der Waals surface area contributed by atoms with Crippen molar-refractivity contribution < 1.29 is 0 Å². The van der Waals surface area contributed by atoms with E-state index in [-0.39, 0.29) is 5.38 Å². The first kappa shape index (κ1) is 10.6. The summed E-state index contributed by atoms with van der Waals surface area (Å²) in [4.78, 5) is 0. The van der Waals surface area contributed by atoms with E-state index in [0.717, 1.165) is 19.5 Å². The van der Waals surface area contributed by atoms with Crippen LogP contribution in [0.5, 0.6) is 0 Å². The van der Waals surface area contributed by atoms with Crippen molar-refractivity contribution in [1.29, 1.82) is 0 Å². The molecule has 0 heterocycles. The fourth-order valence-electron chi connectivity index (χ4n) is 1.13. The number of halogens is 1. The number of rotatable bonds is 5. The topological polar surface area (TPSA) is 12.0 Å². The highest BCUT2D eigenvalue weighted by Crippen LogP contribution is 2.00. The molecule has 0 aromatic heterocycles. The van der Waals surface area contributed by atoms with Crippen LogP contribution in [0, 0.1) is 0 Å². The molecule has 0 aliphatic rings. The van der Waals surface area contributed by atoms with Crippen molar-refractivity contribution in [3.8, 4) is 0 Å². The molecular formula is C11H16ClN. The van der Waals surface area contributed by atoms with Crippen LogP contribution in [0.15, 0.2) is 30.3 Å². The van der Waals surface area contributed by atoms with Crippen LogP contribution in [0.4, 0.5) is 0 Å². The Bertz CT molecular complexity index is 221. The van der Waals surface area contributed by atoms with E-state index in [1.807, 2.05) is 13.0 Å². The van der Waals surface area contributed by atoms with E-state index >= 15 is 0 Å². The fourth-order valence-corrected chi connectivity index (χ4v) is 1.24. The van der Waals surface area contributed by atoms with Crippen LogP contribution in [0.1, 0.15) is 18.9 Å². The summed E-state index contributed by atoms with van der Waals surface area (Å²) >= 11 is 5.82. The van der Waals surface area contributed by atoms with Crippen molar-refractivity contribution in [2.45, 2.75) is 25.3 Å². The van der Waals surface area contributed by atoms with Gasteiger partial charge in [-0.25, -0.2) is 0 Å². The summed E-state index contributed by atoms with van der Waals surface area (Å²) in [7, 11) is 0. The van der Waals surface area contributed by atoms with Crippen molar-refractivity contribution in [3.63, 3.8) is 0 Å². The van der Waals surface area contributed by atoms with Crippen LogP contribution in [-0.4, -0.2) is 11.9 Å². The Morgan fingerprint density at radius 2 is 2.00 bits per heavy atom. The molecule has 1 N–H and O–H groups in total. The van der Waals surface area contributed by atoms with Gasteiger partial charge in [-0.3, -0.25) is 0 Å². The second-order valence-corrected chi connectivity index (χ2v) is 3.98. The average molecular weight is 198 g/mol. The van der Waals surface area contributed by atoms with Crippen molar-refractivity contribution in [3.05, 3.63) is 35.9 Å². The minimum Gasteiger partial charge on any atom is -0.313 e. The molecule has 1 nitrogen and oxygen atoms in total. The molecule has 0 fully saturated rings. The summed E-state index contributed by atoms with van der Waals surface area (Å²) < 4.78 is 0. The normalized spacial score (nSPS) is 12.8. The molecule has 1 unspecified atom stereocenters. The monoisotopic (exact) mass is 197 g/mol. The van der Waals surface area contributed by atoms with Gasteiger partial charge in [0.1, 0.15) is 0 Å². The van der Waals surface area contributed by atoms with Crippen LogP contribution in [0.3, 0.4) is 0 Å². The van der Waals surface area contributed by atoms with E-state index in [4.69, 9.17) is 11.6 Å². The van der Waals surface area contributed by atoms with Crippen molar-refractivity contribution in [1.82, 2.24) is 5.32 Å². The highest BCUT2D eigenvalue weighted by Gasteiger charge is 1.95. The van der Waals surface area contributed by atoms with E-state index < -0.39 is 0 Å². The zero-order valence-corrected chi connectivity index (χ0v) is 8.72. The Morgan fingerprint density at radius 1 is 1.31 bits per heavy atom. The molecule has 2 heteroatoms. The first-order valence-corrected chi connectivity index (χ1v) is 5.11. The Hall–Kier alpha value is -0.530. The minimum atomic E-state index is 0.267. The first-order chi connectivity index (χ1) is 6.29. The molecule has 0 saturated carbocycles. The lowest BCUT2D eigenvalue weighted by Gasteiger charge is -2.05. The molecule has 72 valence electrons. The lowest BCUT2D eigenvalue weighted by Crippen LogP contribution is -2.16. The largest absolute Gasteiger partial charge is 0.313 e. The molecule has 0 aliphatic carbocycles. The Morgan fingerprint density at radius 3 is 2.62 bits per heavy atom. The van der Waals surface area contributed by atoms with Gasteiger partial charge in [-0.2, -0.15) is 0 Å². The second-order valence-electron chi connectivity index (χ2n) is 3.23. The summed E-state index contributed by atoms with van der Waals surface area (Å²) in [6.07, 6.45) is 1.02. The number of benzene rings is 1. The Balaban J connectivity index is 2.13. The summed E-state index contributed by atoms with van der Waals surface area (Å²) in [5.74, 6) is 0. The number of alkyl halides is 1. The standard InChI is InChI=1S/C11H16ClN/c1-10(12)7-8-13-9-11-5-3-2-4-6-11/h2-6,10,13H,7-9H2,1H3. The van der Waals surface area contributed by atoms with Gasteiger partial charge in [0, 0.05) is 11.9 Å². The first-order valence-electron chi connectivity index (χ1n) is 4.68. The van der Waals surface area contributed by atoms with E-state index in [0.29, 0.717) is 0 Å². The summed E-state index contributed by atoms with van der Waals surface area (Å²) in [5, 5.41) is 3.62. The van der Waals surface area contributed by atoms with Crippen LogP contribution in [-0.2, 0) is 6.54 Å². The predicted octanol–water partition coefficient (Wildman–Crippen LogP) is 2.79. The molecule has 13 heavy (non-hydrogen) atoms. The fraction of sp³-hybridized carbons (Fsp3) is 0.455. The van der Waals surface area contributed by atoms with Gasteiger partial charge in [-0.15, -0.1) is 11.6 Å². The third kappa shape index (κ3) is 4.91. The van der Waals surface area contributed by atoms with E-state index in [9.17, 15) is 0 Å². The quantitative estimate of drug-likeness (QED) is 0.566. The van der Waals surface area contributed by atoms with Crippen LogP contribution in [0.25, 0.3) is 0 Å². The SMILES string of the molecule is CC(Cl)CCNCc1ccccc1. The highest BCUT2D eigenvalue weighted by molar-refractivity contribution is 6.20. The zero-order chi connectivity index (χ0) is 9.52.